The standard InChI is InChI=1S/C27H38O5.C27H40O4.CH5BS/c1-3-4-5-9-19(32-25-12-6-7-15-31-25)13-14-21-23(28)17-18-16-22-20(27(29)26(18)21)10-8-11-24(22)30-2;1-3-4-5-10-21(31-27-12-6-7-15-30-27)13-14-22-23-16-19-9-8-11-26(29-2)24(19)17-20(23)18-25(22)28;1-2-3/h8,10-11,18-19,25,27,29H,3-7,9,12-17H2,1-2H3;8-9,11,20-23,27H,3-7,10,12-18H2,1-2H3;2-3H,1H3/t18-,19-,25?,27+;20-,21-,22?,23-,27?;/m00./s1/i29T;;2D. The number of ether oxygens (including phenoxy) is 6. The van der Waals surface area contributed by atoms with Gasteiger partial charge in [0.05, 0.1) is 26.4 Å². The number of carbonyl (C=O) groups excluding carboxylic acids is 2. The van der Waals surface area contributed by atoms with Gasteiger partial charge >= 0.3 is 0 Å². The Balaban J connectivity index is 0.000000208. The van der Waals surface area contributed by atoms with Crippen LogP contribution in [0.4, 0.5) is 0 Å². The van der Waals surface area contributed by atoms with Crippen LogP contribution in [0.3, 0.4) is 0 Å². The number of allylic oxidation sites excluding steroid dienone is 1. The lowest BCUT2D eigenvalue weighted by atomic mass is 9.73. The number of fused-ring (bicyclic) bond motifs is 4. The minimum Gasteiger partial charge on any atom is -0.496 e. The van der Waals surface area contributed by atoms with Gasteiger partial charge in [-0.3, -0.25) is 9.59 Å². The lowest BCUT2D eigenvalue weighted by Gasteiger charge is -2.32. The highest BCUT2D eigenvalue weighted by molar-refractivity contribution is 8.06. The number of aliphatic hydroxyl groups excluding tert-OH is 1. The fourth-order valence-electron chi connectivity index (χ4n) is 11.7. The number of benzene rings is 2. The van der Waals surface area contributed by atoms with E-state index in [2.05, 4.69) is 44.5 Å². The number of methoxy groups -OCH3 is 2. The smallest absolute Gasteiger partial charge is 0.211 e. The monoisotopic (exact) mass is 934 g/mol. The first-order chi connectivity index (χ1) is 33.1. The summed E-state index contributed by atoms with van der Waals surface area (Å²) in [5, 5.41) is 5.25. The molecule has 3 fully saturated rings. The van der Waals surface area contributed by atoms with Gasteiger partial charge in [0, 0.05) is 37.5 Å². The molecule has 2 saturated heterocycles. The van der Waals surface area contributed by atoms with Crippen LogP contribution in [0.5, 0.6) is 11.5 Å². The minimum absolute atomic E-state index is 0.0403. The van der Waals surface area contributed by atoms with Gasteiger partial charge < -0.3 is 33.5 Å². The minimum atomic E-state index is -0.503. The molecule has 366 valence electrons. The largest absolute Gasteiger partial charge is 0.496 e. The van der Waals surface area contributed by atoms with Crippen molar-refractivity contribution in [1.29, 1.82) is 2.77 Å². The third kappa shape index (κ3) is 14.2. The van der Waals surface area contributed by atoms with Crippen LogP contribution < -0.4 is 9.47 Å². The highest BCUT2D eigenvalue weighted by atomic mass is 32.1. The van der Waals surface area contributed by atoms with Crippen molar-refractivity contribution in [2.45, 2.75) is 199 Å². The Hall–Kier alpha value is -2.67. The molecular formula is C55H83BO9S. The molecule has 66 heavy (non-hydrogen) atoms. The fourth-order valence-corrected chi connectivity index (χ4v) is 11.7. The third-order valence-corrected chi connectivity index (χ3v) is 15.1. The zero-order valence-electron chi connectivity index (χ0n) is 43.0. The van der Waals surface area contributed by atoms with Gasteiger partial charge in [-0.15, -0.1) is 0 Å². The summed E-state index contributed by atoms with van der Waals surface area (Å²) in [6, 6.07) is 12.2. The molecule has 3 unspecified atom stereocenters. The normalized spacial score (nSPS) is 26.8. The van der Waals surface area contributed by atoms with E-state index in [0.29, 0.717) is 30.5 Å². The molecule has 1 saturated carbocycles. The zero-order valence-corrected chi connectivity index (χ0v) is 41.9. The predicted molar refractivity (Wildman–Crippen MR) is 268 cm³/mol. The summed E-state index contributed by atoms with van der Waals surface area (Å²) in [4.78, 5) is 26.1. The zero-order chi connectivity index (χ0) is 48.4. The van der Waals surface area contributed by atoms with Crippen LogP contribution in [-0.4, -0.2) is 78.2 Å². The molecule has 2 heterocycles. The Morgan fingerprint density at radius 1 is 0.803 bits per heavy atom. The maximum atomic E-state index is 13.1. The molecule has 2 aromatic rings. The second kappa shape index (κ2) is 27.5. The van der Waals surface area contributed by atoms with Crippen molar-refractivity contribution >= 4 is 30.6 Å². The first-order valence-electron chi connectivity index (χ1n) is 26.9. The Kier molecular flexibility index (Phi) is 20.7. The van der Waals surface area contributed by atoms with Crippen molar-refractivity contribution in [2.75, 3.05) is 27.4 Å². The van der Waals surface area contributed by atoms with Crippen molar-refractivity contribution < 1.29 is 43.1 Å². The molecule has 0 bridgehead atoms. The Labute approximate surface area is 406 Å². The van der Waals surface area contributed by atoms with Crippen LogP contribution in [0.25, 0.3) is 0 Å². The number of hydrogen-bond acceptors (Lipinski definition) is 10. The van der Waals surface area contributed by atoms with Crippen molar-refractivity contribution in [3.8, 4) is 11.5 Å². The molecule has 9 nitrogen and oxygen atoms in total. The van der Waals surface area contributed by atoms with E-state index >= 15 is 0 Å². The van der Waals surface area contributed by atoms with Crippen LogP contribution in [0, 0.1) is 23.7 Å². The molecule has 2 aliphatic heterocycles. The van der Waals surface area contributed by atoms with Gasteiger partial charge in [-0.05, 0) is 155 Å². The van der Waals surface area contributed by atoms with Crippen LogP contribution in [0.15, 0.2) is 47.5 Å². The van der Waals surface area contributed by atoms with E-state index in [4.69, 9.17) is 36.3 Å². The number of rotatable bonds is 21. The molecule has 8 rings (SSSR count). The molecule has 9 atom stereocenters. The van der Waals surface area contributed by atoms with E-state index in [0.717, 1.165) is 143 Å². The van der Waals surface area contributed by atoms with Crippen LogP contribution >= 0.6 is 12.5 Å². The van der Waals surface area contributed by atoms with Crippen LogP contribution in [0.2, 0.25) is 6.82 Å². The molecule has 0 spiro atoms. The predicted octanol–water partition coefficient (Wildman–Crippen LogP) is 11.6. The van der Waals surface area contributed by atoms with Crippen molar-refractivity contribution in [2.24, 2.45) is 23.7 Å². The number of thiol groups is 1. The average Bonchev–Trinajstić information content (AvgIpc) is 3.83. The van der Waals surface area contributed by atoms with E-state index in [9.17, 15) is 9.59 Å². The van der Waals surface area contributed by atoms with Gasteiger partial charge in [0.25, 0.3) is 0 Å². The van der Waals surface area contributed by atoms with E-state index in [1.165, 1.54) is 49.7 Å². The lowest BCUT2D eigenvalue weighted by Crippen LogP contribution is -2.30. The number of carbonyl (C=O) groups is 2. The second-order valence-electron chi connectivity index (χ2n) is 19.6. The van der Waals surface area contributed by atoms with Gasteiger partial charge in [-0.2, -0.15) is 0 Å². The second-order valence-corrected chi connectivity index (χ2v) is 20.1. The highest BCUT2D eigenvalue weighted by Gasteiger charge is 2.45. The summed E-state index contributed by atoms with van der Waals surface area (Å²) in [7, 11) is 3.41. The fraction of sp³-hybridized carbons (Fsp3) is 0.709. The molecule has 0 amide bonds. The lowest BCUT2D eigenvalue weighted by molar-refractivity contribution is -0.191. The van der Waals surface area contributed by atoms with Gasteiger partial charge in [0.1, 0.15) is 23.4 Å². The molecular weight excluding hydrogens is 847 g/mol. The Bertz CT molecular complexity index is 1900. The van der Waals surface area contributed by atoms with E-state index in [1.807, 2.05) is 18.2 Å². The molecule has 0 radical (unpaired) electrons. The summed E-state index contributed by atoms with van der Waals surface area (Å²) >= 11 is 3.63. The average molecular weight is 934 g/mol. The first kappa shape index (κ1) is 49.7. The number of Topliss-reactive ketones (excluding diaryl/α,β-unsaturated/α-hetero) is 2. The molecule has 11 heteroatoms. The molecule has 4 aliphatic carbocycles. The Morgan fingerprint density at radius 3 is 2.02 bits per heavy atom. The third-order valence-electron chi connectivity index (χ3n) is 15.1. The summed E-state index contributed by atoms with van der Waals surface area (Å²) in [5.41, 5.74) is 6.60. The van der Waals surface area contributed by atoms with Gasteiger partial charge in [0.15, 0.2) is 24.9 Å². The number of hydrogen-bond donors (Lipinski definition) is 2. The number of unbranched alkanes of at least 4 members (excludes halogenated alkanes) is 4. The van der Waals surface area contributed by atoms with Crippen molar-refractivity contribution in [1.82, 2.24) is 0 Å². The van der Waals surface area contributed by atoms with Crippen LogP contribution in [0.1, 0.15) is 171 Å². The van der Waals surface area contributed by atoms with E-state index < -0.39 is 6.10 Å². The van der Waals surface area contributed by atoms with Crippen molar-refractivity contribution in [3.05, 3.63) is 69.8 Å². The summed E-state index contributed by atoms with van der Waals surface area (Å²) in [6.07, 6.45) is 22.8. The van der Waals surface area contributed by atoms with Gasteiger partial charge in [0.2, 0.25) is 1.43 Å². The first-order valence-corrected chi connectivity index (χ1v) is 26.5. The van der Waals surface area contributed by atoms with Gasteiger partial charge in [-0.25, -0.2) is 12.5 Å². The molecule has 0 aromatic heterocycles. The topological polar surface area (TPSA) is 110 Å². The van der Waals surface area contributed by atoms with Crippen molar-refractivity contribution in [3.63, 3.8) is 0 Å². The number of ketones is 2. The van der Waals surface area contributed by atoms with E-state index in [-0.39, 0.29) is 48.9 Å². The molecule has 1 N–H and O–H groups in total. The number of aliphatic hydroxyl groups is 1. The summed E-state index contributed by atoms with van der Waals surface area (Å²) in [5.74, 6) is 3.71. The SMILES string of the molecule is CCCCC[C@@H](CCC1C(=O)C[C@@H]2Cc3c(cccc3OC)C[C@H]12)OC1CCCCO1.[2H]B(C)S.[3H]O[C@H]1C2=C(CC[C@H](CCCCC)OC3CCCCO3)C(=O)C[C@@H]2Cc2c(OC)cccc21. The summed E-state index contributed by atoms with van der Waals surface area (Å²) in [6.45, 7) is 7.52. The highest BCUT2D eigenvalue weighted by Crippen LogP contribution is 2.49. The molecule has 6 aliphatic rings. The quantitative estimate of drug-likeness (QED) is 0.0718. The van der Waals surface area contributed by atoms with Crippen LogP contribution in [-0.2, 0) is 47.8 Å². The van der Waals surface area contributed by atoms with E-state index in [1.54, 1.807) is 21.0 Å². The Morgan fingerprint density at radius 2 is 1.42 bits per heavy atom. The van der Waals surface area contributed by atoms with Gasteiger partial charge in [-0.1, -0.05) is 83.5 Å². The maximum absolute atomic E-state index is 13.1. The maximum Gasteiger partial charge on any atom is 0.211 e. The summed E-state index contributed by atoms with van der Waals surface area (Å²) < 4.78 is 49.9. The molecule has 2 aromatic carbocycles.